The number of benzene rings is 1. The molecule has 1 aromatic carbocycles. The second-order valence-corrected chi connectivity index (χ2v) is 6.72. The summed E-state index contributed by atoms with van der Waals surface area (Å²) in [6.07, 6.45) is 5.08. The molecule has 1 unspecified atom stereocenters. The number of nitrogens with zero attached hydrogens (tertiary/aromatic N) is 1. The summed E-state index contributed by atoms with van der Waals surface area (Å²) in [5.74, 6) is -0.154. The van der Waals surface area contributed by atoms with Crippen molar-refractivity contribution in [1.29, 1.82) is 0 Å². The zero-order valence-corrected chi connectivity index (χ0v) is 15.7. The van der Waals surface area contributed by atoms with E-state index in [0.29, 0.717) is 37.2 Å². The van der Waals surface area contributed by atoms with Crippen molar-refractivity contribution >= 4 is 29.1 Å². The number of amides is 3. The molecule has 6 nitrogen and oxygen atoms in total. The first kappa shape index (κ1) is 19.9. The van der Waals surface area contributed by atoms with Gasteiger partial charge in [0.05, 0.1) is 0 Å². The van der Waals surface area contributed by atoms with E-state index >= 15 is 0 Å². The number of nitrogens with one attached hydrogen (secondary N) is 2. The van der Waals surface area contributed by atoms with Gasteiger partial charge in [-0.1, -0.05) is 19.9 Å². The molecule has 1 aliphatic heterocycles. The van der Waals surface area contributed by atoms with Crippen molar-refractivity contribution in [3.8, 4) is 0 Å². The molecule has 1 aromatic rings. The first-order valence-electron chi connectivity index (χ1n) is 9.55. The highest BCUT2D eigenvalue weighted by Gasteiger charge is 2.31. The topological polar surface area (TPSA) is 78.5 Å². The minimum atomic E-state index is -0.416. The van der Waals surface area contributed by atoms with E-state index in [1.807, 2.05) is 13.8 Å². The molecule has 26 heavy (non-hydrogen) atoms. The van der Waals surface area contributed by atoms with Crippen molar-refractivity contribution in [1.82, 2.24) is 4.90 Å². The van der Waals surface area contributed by atoms with Crippen LogP contribution in [0.5, 0.6) is 0 Å². The van der Waals surface area contributed by atoms with Crippen LogP contribution in [-0.4, -0.2) is 35.2 Å². The molecule has 1 fully saturated rings. The van der Waals surface area contributed by atoms with E-state index in [4.69, 9.17) is 0 Å². The fourth-order valence-corrected chi connectivity index (χ4v) is 3.21. The van der Waals surface area contributed by atoms with Gasteiger partial charge in [-0.15, -0.1) is 0 Å². The molecule has 0 bridgehead atoms. The number of rotatable bonds is 7. The van der Waals surface area contributed by atoms with Gasteiger partial charge in [-0.3, -0.25) is 14.4 Å². The lowest BCUT2D eigenvalue weighted by Crippen LogP contribution is -2.49. The molecule has 142 valence electrons. The normalized spacial score (nSPS) is 16.8. The Labute approximate surface area is 155 Å². The van der Waals surface area contributed by atoms with Crippen LogP contribution < -0.4 is 10.6 Å². The monoisotopic (exact) mass is 359 g/mol. The van der Waals surface area contributed by atoms with E-state index < -0.39 is 6.04 Å². The van der Waals surface area contributed by atoms with Crippen molar-refractivity contribution in [3.63, 3.8) is 0 Å². The number of carbonyl (C=O) groups is 3. The summed E-state index contributed by atoms with van der Waals surface area (Å²) in [7, 11) is 0. The third-order valence-electron chi connectivity index (χ3n) is 4.48. The van der Waals surface area contributed by atoms with Crippen LogP contribution in [0.15, 0.2) is 24.3 Å². The molecule has 0 aromatic heterocycles. The maximum absolute atomic E-state index is 12.7. The Hall–Kier alpha value is -2.37. The Morgan fingerprint density at radius 2 is 1.73 bits per heavy atom. The molecule has 1 atom stereocenters. The van der Waals surface area contributed by atoms with Crippen molar-refractivity contribution in [2.45, 2.75) is 64.8 Å². The molecule has 2 rings (SSSR count). The van der Waals surface area contributed by atoms with Gasteiger partial charge in [0.2, 0.25) is 17.7 Å². The molecule has 1 aliphatic rings. The summed E-state index contributed by atoms with van der Waals surface area (Å²) < 4.78 is 0. The van der Waals surface area contributed by atoms with Crippen LogP contribution in [0.3, 0.4) is 0 Å². The first-order chi connectivity index (χ1) is 12.5. The SMILES string of the molecule is CCCC(=O)Nc1cccc(NC(=O)C2CCCCN2C(=O)CCC)c1. The van der Waals surface area contributed by atoms with Crippen molar-refractivity contribution < 1.29 is 14.4 Å². The van der Waals surface area contributed by atoms with Crippen LogP contribution >= 0.6 is 0 Å². The smallest absolute Gasteiger partial charge is 0.247 e. The molecule has 6 heteroatoms. The average Bonchev–Trinajstić information content (AvgIpc) is 2.62. The Bertz CT molecular complexity index is 645. The number of hydrogen-bond acceptors (Lipinski definition) is 3. The number of anilines is 2. The molecular formula is C20H29N3O3. The van der Waals surface area contributed by atoms with Gasteiger partial charge < -0.3 is 15.5 Å². The van der Waals surface area contributed by atoms with Crippen LogP contribution in [0.25, 0.3) is 0 Å². The summed E-state index contributed by atoms with van der Waals surface area (Å²) in [5, 5.41) is 5.73. The van der Waals surface area contributed by atoms with E-state index in [1.165, 1.54) is 0 Å². The third-order valence-corrected chi connectivity index (χ3v) is 4.48. The van der Waals surface area contributed by atoms with Gasteiger partial charge in [-0.05, 0) is 50.3 Å². The summed E-state index contributed by atoms with van der Waals surface area (Å²) in [4.78, 5) is 38.5. The summed E-state index contributed by atoms with van der Waals surface area (Å²) >= 11 is 0. The molecule has 2 N–H and O–H groups in total. The molecule has 1 saturated heterocycles. The lowest BCUT2D eigenvalue weighted by molar-refractivity contribution is -0.140. The highest BCUT2D eigenvalue weighted by Crippen LogP contribution is 2.21. The lowest BCUT2D eigenvalue weighted by atomic mass is 10.0. The second-order valence-electron chi connectivity index (χ2n) is 6.72. The number of carbonyl (C=O) groups excluding carboxylic acids is 3. The molecule has 1 heterocycles. The predicted molar refractivity (Wildman–Crippen MR) is 103 cm³/mol. The van der Waals surface area contributed by atoms with Crippen LogP contribution in [0.1, 0.15) is 58.8 Å². The summed E-state index contributed by atoms with van der Waals surface area (Å²) in [6.45, 7) is 4.56. The molecule has 0 radical (unpaired) electrons. The van der Waals surface area contributed by atoms with Gasteiger partial charge in [0.1, 0.15) is 6.04 Å². The Balaban J connectivity index is 2.03. The molecule has 3 amide bonds. The van der Waals surface area contributed by atoms with E-state index in [0.717, 1.165) is 25.7 Å². The van der Waals surface area contributed by atoms with Crippen LogP contribution in [-0.2, 0) is 14.4 Å². The first-order valence-corrected chi connectivity index (χ1v) is 9.55. The maximum atomic E-state index is 12.7. The molecule has 0 saturated carbocycles. The zero-order chi connectivity index (χ0) is 18.9. The van der Waals surface area contributed by atoms with Gasteiger partial charge >= 0.3 is 0 Å². The standard InChI is InChI=1S/C20H29N3O3/c1-3-8-18(24)21-15-10-7-11-16(14-15)22-20(26)17-12-5-6-13-23(17)19(25)9-4-2/h7,10-11,14,17H,3-6,8-9,12-13H2,1-2H3,(H,21,24)(H,22,26). The quantitative estimate of drug-likeness (QED) is 0.781. The fourth-order valence-electron chi connectivity index (χ4n) is 3.21. The number of hydrogen-bond donors (Lipinski definition) is 2. The highest BCUT2D eigenvalue weighted by atomic mass is 16.2. The predicted octanol–water partition coefficient (Wildman–Crippen LogP) is 3.54. The van der Waals surface area contributed by atoms with Gasteiger partial charge in [0.25, 0.3) is 0 Å². The second kappa shape index (κ2) is 9.94. The summed E-state index contributed by atoms with van der Waals surface area (Å²) in [5.41, 5.74) is 1.28. The third kappa shape index (κ3) is 5.58. The van der Waals surface area contributed by atoms with Gasteiger partial charge in [-0.2, -0.15) is 0 Å². The zero-order valence-electron chi connectivity index (χ0n) is 15.7. The Morgan fingerprint density at radius 1 is 1.04 bits per heavy atom. The van der Waals surface area contributed by atoms with Gasteiger partial charge in [0.15, 0.2) is 0 Å². The molecule has 0 aliphatic carbocycles. The number of piperidine rings is 1. The van der Waals surface area contributed by atoms with E-state index in [1.54, 1.807) is 29.2 Å². The minimum Gasteiger partial charge on any atom is -0.331 e. The molecular weight excluding hydrogens is 330 g/mol. The Morgan fingerprint density at radius 3 is 2.42 bits per heavy atom. The van der Waals surface area contributed by atoms with Gasteiger partial charge in [-0.25, -0.2) is 0 Å². The van der Waals surface area contributed by atoms with Crippen LogP contribution in [0.4, 0.5) is 11.4 Å². The summed E-state index contributed by atoms with van der Waals surface area (Å²) in [6, 6.07) is 6.70. The Kier molecular flexibility index (Phi) is 7.63. The van der Waals surface area contributed by atoms with E-state index in [2.05, 4.69) is 10.6 Å². The van der Waals surface area contributed by atoms with Gasteiger partial charge in [0, 0.05) is 30.8 Å². The fraction of sp³-hybridized carbons (Fsp3) is 0.550. The van der Waals surface area contributed by atoms with Crippen LogP contribution in [0, 0.1) is 0 Å². The maximum Gasteiger partial charge on any atom is 0.247 e. The van der Waals surface area contributed by atoms with Crippen LogP contribution in [0.2, 0.25) is 0 Å². The van der Waals surface area contributed by atoms with E-state index in [9.17, 15) is 14.4 Å². The average molecular weight is 359 g/mol. The van der Waals surface area contributed by atoms with Crippen molar-refractivity contribution in [3.05, 3.63) is 24.3 Å². The highest BCUT2D eigenvalue weighted by molar-refractivity contribution is 5.98. The van der Waals surface area contributed by atoms with E-state index in [-0.39, 0.29) is 17.7 Å². The largest absolute Gasteiger partial charge is 0.331 e. The minimum absolute atomic E-state index is 0.0420. The van der Waals surface area contributed by atoms with Crippen molar-refractivity contribution in [2.24, 2.45) is 0 Å². The van der Waals surface area contributed by atoms with Crippen molar-refractivity contribution in [2.75, 3.05) is 17.2 Å². The number of likely N-dealkylation sites (tertiary alicyclic amines) is 1. The molecule has 0 spiro atoms. The lowest BCUT2D eigenvalue weighted by Gasteiger charge is -2.34.